The molecular weight excluding hydrogens is 258 g/mol. The maximum atomic E-state index is 5.99. The minimum absolute atomic E-state index is 0.629. The van der Waals surface area contributed by atoms with Gasteiger partial charge in [0.15, 0.2) is 0 Å². The van der Waals surface area contributed by atoms with E-state index in [2.05, 4.69) is 72.4 Å². The predicted molar refractivity (Wildman–Crippen MR) is 87.9 cm³/mol. The van der Waals surface area contributed by atoms with Crippen LogP contribution in [0.2, 0.25) is 0 Å². The standard InChI is InChI=1S/C19H21NO/c1-2-20-13-12-17-14-18(10-7-11-19(17)20)21-15-16-8-5-3-4-6-9-16/h3-5,8-14H,2,6-7,15H2,1H3. The SMILES string of the molecule is CCn1ccc2c1=CCC=C(OCC1=CCC=CC=C1)C=2. The Morgan fingerprint density at radius 3 is 3.00 bits per heavy atom. The van der Waals surface area contributed by atoms with Crippen LogP contribution in [0.25, 0.3) is 12.2 Å². The Morgan fingerprint density at radius 1 is 1.14 bits per heavy atom. The number of rotatable bonds is 4. The summed E-state index contributed by atoms with van der Waals surface area (Å²) in [5.74, 6) is 0.963. The zero-order valence-corrected chi connectivity index (χ0v) is 12.5. The Labute approximate surface area is 125 Å². The lowest BCUT2D eigenvalue weighted by Gasteiger charge is -2.07. The first-order valence-corrected chi connectivity index (χ1v) is 7.59. The Hall–Kier alpha value is -2.22. The first-order valence-electron chi connectivity index (χ1n) is 7.59. The van der Waals surface area contributed by atoms with Crippen LogP contribution in [0, 0.1) is 0 Å². The van der Waals surface area contributed by atoms with E-state index in [9.17, 15) is 0 Å². The Morgan fingerprint density at radius 2 is 2.10 bits per heavy atom. The van der Waals surface area contributed by atoms with Gasteiger partial charge in [-0.1, -0.05) is 36.5 Å². The predicted octanol–water partition coefficient (Wildman–Crippen LogP) is 2.82. The molecule has 0 N–H and O–H groups in total. The van der Waals surface area contributed by atoms with E-state index >= 15 is 0 Å². The molecule has 0 fully saturated rings. The third kappa shape index (κ3) is 3.27. The monoisotopic (exact) mass is 279 g/mol. The van der Waals surface area contributed by atoms with Crippen molar-refractivity contribution in [3.8, 4) is 0 Å². The Kier molecular flexibility index (Phi) is 4.25. The van der Waals surface area contributed by atoms with Crippen molar-refractivity contribution in [1.82, 2.24) is 4.57 Å². The molecular formula is C19H21NO. The molecule has 2 aliphatic rings. The summed E-state index contributed by atoms with van der Waals surface area (Å²) in [5, 5.41) is 2.54. The summed E-state index contributed by atoms with van der Waals surface area (Å²) in [6, 6.07) is 2.16. The highest BCUT2D eigenvalue weighted by Gasteiger charge is 2.02. The molecule has 0 aliphatic heterocycles. The number of aromatic nitrogens is 1. The third-order valence-electron chi connectivity index (χ3n) is 3.79. The minimum atomic E-state index is 0.629. The Balaban J connectivity index is 1.74. The Bertz CT molecular complexity index is 741. The number of aryl methyl sites for hydroxylation is 1. The van der Waals surface area contributed by atoms with Gasteiger partial charge in [0.25, 0.3) is 0 Å². The second-order valence-corrected chi connectivity index (χ2v) is 5.22. The smallest absolute Gasteiger partial charge is 0.116 e. The highest BCUT2D eigenvalue weighted by Crippen LogP contribution is 2.10. The third-order valence-corrected chi connectivity index (χ3v) is 3.79. The van der Waals surface area contributed by atoms with E-state index in [0.717, 1.165) is 25.1 Å². The lowest BCUT2D eigenvalue weighted by atomic mass is 10.2. The number of ether oxygens (including phenoxy) is 1. The van der Waals surface area contributed by atoms with Crippen molar-refractivity contribution in [3.63, 3.8) is 0 Å². The van der Waals surface area contributed by atoms with Crippen molar-refractivity contribution < 1.29 is 4.74 Å². The van der Waals surface area contributed by atoms with Crippen molar-refractivity contribution in [2.24, 2.45) is 0 Å². The van der Waals surface area contributed by atoms with E-state index in [0.29, 0.717) is 6.61 Å². The van der Waals surface area contributed by atoms with Crippen LogP contribution in [0.3, 0.4) is 0 Å². The zero-order chi connectivity index (χ0) is 14.5. The maximum absolute atomic E-state index is 5.99. The summed E-state index contributed by atoms with van der Waals surface area (Å²) in [7, 11) is 0. The van der Waals surface area contributed by atoms with Gasteiger partial charge < -0.3 is 9.30 Å². The van der Waals surface area contributed by atoms with Crippen LogP contribution >= 0.6 is 0 Å². The van der Waals surface area contributed by atoms with Crippen LogP contribution in [-0.4, -0.2) is 11.2 Å². The van der Waals surface area contributed by atoms with E-state index in [-0.39, 0.29) is 0 Å². The second-order valence-electron chi connectivity index (χ2n) is 5.22. The summed E-state index contributed by atoms with van der Waals surface area (Å²) < 4.78 is 8.26. The molecule has 0 unspecified atom stereocenters. The van der Waals surface area contributed by atoms with E-state index in [1.807, 2.05) is 0 Å². The van der Waals surface area contributed by atoms with Crippen molar-refractivity contribution in [2.75, 3.05) is 6.61 Å². The first kappa shape index (κ1) is 13.7. The van der Waals surface area contributed by atoms with Crippen molar-refractivity contribution in [3.05, 3.63) is 70.6 Å². The highest BCUT2D eigenvalue weighted by atomic mass is 16.5. The van der Waals surface area contributed by atoms with Crippen LogP contribution < -0.4 is 10.6 Å². The number of hydrogen-bond acceptors (Lipinski definition) is 1. The van der Waals surface area contributed by atoms with Gasteiger partial charge in [0.1, 0.15) is 12.4 Å². The molecule has 0 aromatic carbocycles. The van der Waals surface area contributed by atoms with Crippen LogP contribution in [-0.2, 0) is 11.3 Å². The van der Waals surface area contributed by atoms with Crippen LogP contribution in [0.15, 0.2) is 60.1 Å². The molecule has 0 atom stereocenters. The highest BCUT2D eigenvalue weighted by molar-refractivity contribution is 5.48. The molecule has 1 aromatic rings. The van der Waals surface area contributed by atoms with Crippen LogP contribution in [0.4, 0.5) is 0 Å². The molecule has 0 bridgehead atoms. The molecule has 2 heteroatoms. The molecule has 1 heterocycles. The fourth-order valence-corrected chi connectivity index (χ4v) is 2.63. The molecule has 3 rings (SSSR count). The summed E-state index contributed by atoms with van der Waals surface area (Å²) >= 11 is 0. The quantitative estimate of drug-likeness (QED) is 0.826. The maximum Gasteiger partial charge on any atom is 0.116 e. The van der Waals surface area contributed by atoms with Crippen molar-refractivity contribution >= 4 is 12.2 Å². The number of nitrogens with zero attached hydrogens (tertiary/aromatic N) is 1. The van der Waals surface area contributed by atoms with Gasteiger partial charge in [0, 0.05) is 23.3 Å². The minimum Gasteiger partial charge on any atom is -0.489 e. The molecule has 2 nitrogen and oxygen atoms in total. The van der Waals surface area contributed by atoms with E-state index < -0.39 is 0 Å². The van der Waals surface area contributed by atoms with Gasteiger partial charge in [0.2, 0.25) is 0 Å². The van der Waals surface area contributed by atoms with Crippen molar-refractivity contribution in [1.29, 1.82) is 0 Å². The molecule has 0 amide bonds. The van der Waals surface area contributed by atoms with Crippen LogP contribution in [0.1, 0.15) is 19.8 Å². The van der Waals surface area contributed by atoms with Gasteiger partial charge in [-0.2, -0.15) is 0 Å². The average molecular weight is 279 g/mol. The van der Waals surface area contributed by atoms with Gasteiger partial charge >= 0.3 is 0 Å². The van der Waals surface area contributed by atoms with Gasteiger partial charge in [-0.15, -0.1) is 0 Å². The zero-order valence-electron chi connectivity index (χ0n) is 12.5. The fraction of sp³-hybridized carbons (Fsp3) is 0.263. The molecule has 0 spiro atoms. The lowest BCUT2D eigenvalue weighted by molar-refractivity contribution is 0.260. The number of allylic oxidation sites excluding steroid dienone is 6. The van der Waals surface area contributed by atoms with Crippen LogP contribution in [0.5, 0.6) is 0 Å². The normalized spacial score (nSPS) is 16.8. The summed E-state index contributed by atoms with van der Waals surface area (Å²) in [4.78, 5) is 0. The number of hydrogen-bond donors (Lipinski definition) is 0. The van der Waals surface area contributed by atoms with Gasteiger partial charge in [-0.3, -0.25) is 0 Å². The molecule has 21 heavy (non-hydrogen) atoms. The first-order chi connectivity index (χ1) is 10.4. The summed E-state index contributed by atoms with van der Waals surface area (Å²) in [6.07, 6.45) is 21.2. The van der Waals surface area contributed by atoms with Gasteiger partial charge in [-0.05, 0) is 43.6 Å². The van der Waals surface area contributed by atoms with E-state index in [1.54, 1.807) is 0 Å². The van der Waals surface area contributed by atoms with E-state index in [1.165, 1.54) is 16.1 Å². The van der Waals surface area contributed by atoms with E-state index in [4.69, 9.17) is 4.74 Å². The second kappa shape index (κ2) is 6.49. The van der Waals surface area contributed by atoms with Gasteiger partial charge in [-0.25, -0.2) is 0 Å². The molecule has 0 saturated carbocycles. The molecule has 2 aliphatic carbocycles. The van der Waals surface area contributed by atoms with Gasteiger partial charge in [0.05, 0.1) is 0 Å². The van der Waals surface area contributed by atoms with Crippen molar-refractivity contribution in [2.45, 2.75) is 26.3 Å². The lowest BCUT2D eigenvalue weighted by Crippen LogP contribution is -2.28. The molecule has 0 radical (unpaired) electrons. The summed E-state index contributed by atoms with van der Waals surface area (Å²) in [5.41, 5.74) is 1.23. The topological polar surface area (TPSA) is 14.2 Å². The molecule has 1 aromatic heterocycles. The largest absolute Gasteiger partial charge is 0.489 e. The number of fused-ring (bicyclic) bond motifs is 1. The average Bonchev–Trinajstić information content (AvgIpc) is 2.71. The molecule has 0 saturated heterocycles. The summed E-state index contributed by atoms with van der Waals surface area (Å²) in [6.45, 7) is 3.80. The fourth-order valence-electron chi connectivity index (χ4n) is 2.63. The molecule has 108 valence electrons.